The van der Waals surface area contributed by atoms with Gasteiger partial charge in [0, 0.05) is 19.1 Å². The molecule has 2 fully saturated rings. The highest BCUT2D eigenvalue weighted by Gasteiger charge is 2.36. The maximum absolute atomic E-state index is 12.5. The highest BCUT2D eigenvalue weighted by Crippen LogP contribution is 2.29. The number of nitrogens with two attached hydrogens (primary N) is 1. The Morgan fingerprint density at radius 2 is 2.00 bits per heavy atom. The Kier molecular flexibility index (Phi) is 4.06. The molecule has 1 aliphatic heterocycles. The molecule has 0 bridgehead atoms. The number of hydrogen-bond acceptors (Lipinski definition) is 2. The van der Waals surface area contributed by atoms with Gasteiger partial charge in [-0.15, -0.1) is 0 Å². The van der Waals surface area contributed by atoms with E-state index in [4.69, 9.17) is 5.73 Å². The van der Waals surface area contributed by atoms with Crippen molar-refractivity contribution in [1.29, 1.82) is 0 Å². The lowest BCUT2D eigenvalue weighted by Crippen LogP contribution is -2.40. The van der Waals surface area contributed by atoms with Crippen LogP contribution in [-0.2, 0) is 11.2 Å². The van der Waals surface area contributed by atoms with Crippen LogP contribution in [0.3, 0.4) is 0 Å². The van der Waals surface area contributed by atoms with Crippen LogP contribution in [0.4, 0.5) is 0 Å². The third-order valence-electron chi connectivity index (χ3n) is 4.85. The molecule has 1 saturated heterocycles. The van der Waals surface area contributed by atoms with Crippen molar-refractivity contribution < 1.29 is 4.79 Å². The van der Waals surface area contributed by atoms with Crippen molar-refractivity contribution in [3.63, 3.8) is 0 Å². The summed E-state index contributed by atoms with van der Waals surface area (Å²) in [4.78, 5) is 14.6. The lowest BCUT2D eigenvalue weighted by atomic mass is 9.99. The molecule has 1 aliphatic carbocycles. The number of carbonyl (C=O) groups excluding carboxylic acids is 1. The second kappa shape index (κ2) is 5.96. The van der Waals surface area contributed by atoms with Gasteiger partial charge in [-0.1, -0.05) is 36.8 Å². The zero-order valence-corrected chi connectivity index (χ0v) is 12.0. The molecule has 108 valence electrons. The monoisotopic (exact) mass is 272 g/mol. The first kappa shape index (κ1) is 13.6. The summed E-state index contributed by atoms with van der Waals surface area (Å²) in [5.41, 5.74) is 7.44. The van der Waals surface area contributed by atoms with Crippen LogP contribution in [0.15, 0.2) is 30.3 Å². The largest absolute Gasteiger partial charge is 0.342 e. The van der Waals surface area contributed by atoms with Gasteiger partial charge in [0.15, 0.2) is 0 Å². The molecule has 0 unspecified atom stereocenters. The maximum atomic E-state index is 12.5. The van der Waals surface area contributed by atoms with Crippen molar-refractivity contribution >= 4 is 5.91 Å². The number of hydrogen-bond donors (Lipinski definition) is 1. The summed E-state index contributed by atoms with van der Waals surface area (Å²) in [6.45, 7) is 1.83. The first-order valence-corrected chi connectivity index (χ1v) is 7.82. The molecule has 20 heavy (non-hydrogen) atoms. The molecule has 2 N–H and O–H groups in total. The van der Waals surface area contributed by atoms with E-state index in [1.54, 1.807) is 0 Å². The Morgan fingerprint density at radius 3 is 2.70 bits per heavy atom. The third-order valence-corrected chi connectivity index (χ3v) is 4.85. The van der Waals surface area contributed by atoms with Gasteiger partial charge >= 0.3 is 0 Å². The summed E-state index contributed by atoms with van der Waals surface area (Å²) in [5, 5.41) is 0. The van der Waals surface area contributed by atoms with Gasteiger partial charge in [0.1, 0.15) is 0 Å². The molecule has 3 atom stereocenters. The highest BCUT2D eigenvalue weighted by molar-refractivity contribution is 5.80. The smallest absolute Gasteiger partial charge is 0.227 e. The zero-order valence-electron chi connectivity index (χ0n) is 12.0. The number of nitrogens with zero attached hydrogens (tertiary/aromatic N) is 1. The van der Waals surface area contributed by atoms with Crippen LogP contribution in [0.2, 0.25) is 0 Å². The number of benzene rings is 1. The first-order valence-electron chi connectivity index (χ1n) is 7.82. The van der Waals surface area contributed by atoms with Gasteiger partial charge in [-0.3, -0.25) is 4.79 Å². The second-order valence-corrected chi connectivity index (χ2v) is 6.33. The molecule has 3 heteroatoms. The molecule has 1 amide bonds. The second-order valence-electron chi connectivity index (χ2n) is 6.33. The number of amides is 1. The Bertz CT molecular complexity index is 459. The van der Waals surface area contributed by atoms with E-state index in [-0.39, 0.29) is 12.0 Å². The average molecular weight is 272 g/mol. The number of likely N-dealkylation sites (tertiary alicyclic amines) is 1. The van der Waals surface area contributed by atoms with E-state index < -0.39 is 0 Å². The summed E-state index contributed by atoms with van der Waals surface area (Å²) in [5.74, 6) is 1.01. The van der Waals surface area contributed by atoms with E-state index in [2.05, 4.69) is 35.2 Å². The highest BCUT2D eigenvalue weighted by atomic mass is 16.2. The molecule has 3 nitrogen and oxygen atoms in total. The molecule has 1 saturated carbocycles. The van der Waals surface area contributed by atoms with Crippen LogP contribution in [-0.4, -0.2) is 29.9 Å². The van der Waals surface area contributed by atoms with Crippen LogP contribution in [0.25, 0.3) is 0 Å². The molecule has 1 heterocycles. The van der Waals surface area contributed by atoms with Gasteiger partial charge in [0.25, 0.3) is 0 Å². The molecule has 3 rings (SSSR count). The van der Waals surface area contributed by atoms with Crippen molar-refractivity contribution in [2.45, 2.75) is 38.1 Å². The summed E-state index contributed by atoms with van der Waals surface area (Å²) >= 11 is 0. The maximum Gasteiger partial charge on any atom is 0.227 e. The minimum absolute atomic E-state index is 0.0884. The molecule has 2 aliphatic rings. The molecular formula is C17H24N2O. The number of carbonyl (C=O) groups is 1. The van der Waals surface area contributed by atoms with E-state index in [1.807, 2.05) is 0 Å². The van der Waals surface area contributed by atoms with Gasteiger partial charge in [-0.2, -0.15) is 0 Å². The minimum Gasteiger partial charge on any atom is -0.342 e. The van der Waals surface area contributed by atoms with Gasteiger partial charge in [0.05, 0.1) is 5.92 Å². The summed E-state index contributed by atoms with van der Waals surface area (Å²) in [7, 11) is 0. The van der Waals surface area contributed by atoms with E-state index in [1.165, 1.54) is 5.56 Å². The van der Waals surface area contributed by atoms with Crippen LogP contribution in [0.1, 0.15) is 31.2 Å². The number of rotatable bonds is 3. The lowest BCUT2D eigenvalue weighted by Gasteiger charge is -2.23. The lowest BCUT2D eigenvalue weighted by molar-refractivity contribution is -0.134. The fourth-order valence-corrected chi connectivity index (χ4v) is 3.68. The van der Waals surface area contributed by atoms with Gasteiger partial charge in [-0.25, -0.2) is 0 Å². The predicted octanol–water partition coefficient (Wildman–Crippen LogP) is 2.21. The van der Waals surface area contributed by atoms with Crippen LogP contribution in [0, 0.1) is 11.8 Å². The van der Waals surface area contributed by atoms with E-state index >= 15 is 0 Å². The van der Waals surface area contributed by atoms with Crippen molar-refractivity contribution in [3.8, 4) is 0 Å². The zero-order chi connectivity index (χ0) is 13.9. The topological polar surface area (TPSA) is 46.3 Å². The molecule has 0 radical (unpaired) electrons. The summed E-state index contributed by atoms with van der Waals surface area (Å²) < 4.78 is 0. The van der Waals surface area contributed by atoms with Crippen molar-refractivity contribution in [1.82, 2.24) is 4.90 Å². The SMILES string of the molecule is N[C@@H]1CCC[C@H]1C(=O)N1CC[C@@H](Cc2ccccc2)C1. The van der Waals surface area contributed by atoms with Crippen LogP contribution in [0.5, 0.6) is 0 Å². The van der Waals surface area contributed by atoms with Crippen molar-refractivity contribution in [2.75, 3.05) is 13.1 Å². The van der Waals surface area contributed by atoms with E-state index in [9.17, 15) is 4.79 Å². The first-order chi connectivity index (χ1) is 9.74. The Hall–Kier alpha value is -1.35. The van der Waals surface area contributed by atoms with E-state index in [0.29, 0.717) is 11.8 Å². The van der Waals surface area contributed by atoms with E-state index in [0.717, 1.165) is 45.2 Å². The summed E-state index contributed by atoms with van der Waals surface area (Å²) in [6, 6.07) is 10.7. The normalized spacial score (nSPS) is 29.9. The predicted molar refractivity (Wildman–Crippen MR) is 80.1 cm³/mol. The Balaban J connectivity index is 1.55. The molecule has 1 aromatic rings. The quantitative estimate of drug-likeness (QED) is 0.917. The van der Waals surface area contributed by atoms with Gasteiger partial charge in [-0.05, 0) is 37.2 Å². The van der Waals surface area contributed by atoms with Crippen molar-refractivity contribution in [3.05, 3.63) is 35.9 Å². The summed E-state index contributed by atoms with van der Waals surface area (Å²) in [6.07, 6.45) is 5.32. The molecule has 0 aromatic heterocycles. The standard InChI is InChI=1S/C17H24N2O/c18-16-8-4-7-15(16)17(20)19-10-9-14(12-19)11-13-5-2-1-3-6-13/h1-3,5-6,14-16H,4,7-12,18H2/t14-,15+,16+/m0/s1. The molecular weight excluding hydrogens is 248 g/mol. The van der Waals surface area contributed by atoms with Crippen LogP contribution >= 0.6 is 0 Å². The third kappa shape index (κ3) is 2.88. The minimum atomic E-state index is 0.0884. The fourth-order valence-electron chi connectivity index (χ4n) is 3.68. The van der Waals surface area contributed by atoms with Crippen molar-refractivity contribution in [2.24, 2.45) is 17.6 Å². The fraction of sp³-hybridized carbons (Fsp3) is 0.588. The Morgan fingerprint density at radius 1 is 1.20 bits per heavy atom. The Labute approximate surface area is 121 Å². The van der Waals surface area contributed by atoms with Crippen LogP contribution < -0.4 is 5.73 Å². The molecule has 1 aromatic carbocycles. The average Bonchev–Trinajstić information content (AvgIpc) is 3.08. The molecule has 0 spiro atoms. The van der Waals surface area contributed by atoms with Gasteiger partial charge < -0.3 is 10.6 Å². The van der Waals surface area contributed by atoms with Gasteiger partial charge in [0.2, 0.25) is 5.91 Å².